The van der Waals surface area contributed by atoms with E-state index < -0.39 is 19.2 Å². The molecule has 0 amide bonds. The van der Waals surface area contributed by atoms with E-state index in [0.717, 1.165) is 32.1 Å². The number of benzene rings is 4. The van der Waals surface area contributed by atoms with Crippen LogP contribution in [0.15, 0.2) is 109 Å². The topological polar surface area (TPSA) is 46.4 Å². The molecule has 0 saturated carbocycles. The zero-order chi connectivity index (χ0) is 31.2. The van der Waals surface area contributed by atoms with Gasteiger partial charge in [0.1, 0.15) is 8.07 Å². The Bertz CT molecular complexity index is 1720. The molecule has 4 aromatic rings. The minimum absolute atomic E-state index is 0.561. The summed E-state index contributed by atoms with van der Waals surface area (Å²) in [6.45, 7) is 16.4. The Morgan fingerprint density at radius 2 is 1.05 bits per heavy atom. The maximum Gasteiger partial charge on any atom is 0.257 e. The van der Waals surface area contributed by atoms with Gasteiger partial charge in [-0.3, -0.25) is 0 Å². The summed E-state index contributed by atoms with van der Waals surface area (Å²) in [6.07, 6.45) is 0. The van der Waals surface area contributed by atoms with Crippen LogP contribution in [-0.2, 0) is 0 Å². The van der Waals surface area contributed by atoms with Crippen LogP contribution in [0.1, 0.15) is 63.8 Å². The first-order chi connectivity index (χ1) is 20.2. The molecule has 1 aliphatic heterocycles. The Labute approximate surface area is 257 Å². The average Bonchev–Trinajstić information content (AvgIpc) is 3.23. The number of anilines is 1. The van der Waals surface area contributed by atoms with E-state index in [-0.39, 0.29) is 0 Å². The summed E-state index contributed by atoms with van der Waals surface area (Å²) in [5.41, 5.74) is 7.00. The van der Waals surface area contributed by atoms with Crippen LogP contribution in [0.25, 0.3) is 21.5 Å². The van der Waals surface area contributed by atoms with Crippen molar-refractivity contribution in [2.24, 2.45) is 0 Å². The van der Waals surface area contributed by atoms with E-state index in [4.69, 9.17) is 0 Å². The SMILES string of the molecule is CC(C)(C)N([O-])c1cccc(C2=C(c3ccccc3)C(c3ccccc3)=C(c3cccc([N+](=O)C(C)(C)C)c3)[Si]2(C)C)c1. The summed E-state index contributed by atoms with van der Waals surface area (Å²) >= 11 is 0. The Kier molecular flexibility index (Phi) is 7.93. The van der Waals surface area contributed by atoms with Gasteiger partial charge in [0.05, 0.1) is 0 Å². The molecular weight excluding hydrogens is 545 g/mol. The Hall–Kier alpha value is -4.06. The number of hydrogen-bond donors (Lipinski definition) is 0. The number of nitroso groups, excluding NO2 is 1. The number of rotatable bonds is 6. The van der Waals surface area contributed by atoms with Gasteiger partial charge in [-0.15, -0.1) is 0 Å². The molecule has 0 bridgehead atoms. The van der Waals surface area contributed by atoms with Gasteiger partial charge in [0.2, 0.25) is 5.54 Å². The molecular formula is C38H42N2O2Si. The van der Waals surface area contributed by atoms with Crippen molar-refractivity contribution in [3.63, 3.8) is 0 Å². The first-order valence-electron chi connectivity index (χ1n) is 15.0. The zero-order valence-electron chi connectivity index (χ0n) is 26.6. The highest BCUT2D eigenvalue weighted by molar-refractivity contribution is 7.13. The second-order valence-electron chi connectivity index (χ2n) is 13.9. The van der Waals surface area contributed by atoms with Crippen LogP contribution in [-0.4, -0.2) is 23.9 Å². The predicted octanol–water partition coefficient (Wildman–Crippen LogP) is 10.3. The van der Waals surface area contributed by atoms with Gasteiger partial charge in [-0.25, -0.2) is 0 Å². The van der Waals surface area contributed by atoms with Crippen molar-refractivity contribution in [2.75, 3.05) is 5.06 Å². The lowest BCUT2D eigenvalue weighted by Crippen LogP contribution is -2.36. The molecule has 0 spiro atoms. The van der Waals surface area contributed by atoms with Gasteiger partial charge in [0.15, 0.2) is 0 Å². The predicted molar refractivity (Wildman–Crippen MR) is 186 cm³/mol. The molecule has 5 rings (SSSR count). The Balaban J connectivity index is 1.85. The fourth-order valence-corrected chi connectivity index (χ4v) is 9.94. The van der Waals surface area contributed by atoms with Crippen molar-refractivity contribution in [2.45, 2.75) is 65.7 Å². The summed E-state index contributed by atoms with van der Waals surface area (Å²) in [5.74, 6) is 0. The smallest absolute Gasteiger partial charge is 0.257 e. The van der Waals surface area contributed by atoms with Crippen LogP contribution in [0.3, 0.4) is 0 Å². The third kappa shape index (κ3) is 5.80. The van der Waals surface area contributed by atoms with Crippen LogP contribution in [0.4, 0.5) is 11.4 Å². The third-order valence-corrected chi connectivity index (χ3v) is 11.7. The minimum Gasteiger partial charge on any atom is -0.758 e. The Morgan fingerprint density at radius 3 is 1.51 bits per heavy atom. The average molecular weight is 587 g/mol. The molecule has 1 heterocycles. The molecule has 5 heteroatoms. The summed E-state index contributed by atoms with van der Waals surface area (Å²) in [4.78, 5) is 13.4. The Morgan fingerprint density at radius 1 is 0.605 bits per heavy atom. The summed E-state index contributed by atoms with van der Waals surface area (Å²) in [6, 6.07) is 37.4. The number of allylic oxidation sites excluding steroid dienone is 2. The molecule has 0 atom stereocenters. The maximum absolute atomic E-state index is 13.4. The van der Waals surface area contributed by atoms with E-state index in [1.807, 2.05) is 77.9 Å². The highest BCUT2D eigenvalue weighted by Gasteiger charge is 2.44. The van der Waals surface area contributed by atoms with Gasteiger partial charge in [0.25, 0.3) is 5.69 Å². The second kappa shape index (κ2) is 11.2. The fourth-order valence-electron chi connectivity index (χ4n) is 6.15. The lowest BCUT2D eigenvalue weighted by atomic mass is 9.89. The van der Waals surface area contributed by atoms with E-state index in [1.165, 1.54) is 21.5 Å². The molecule has 0 unspecified atom stereocenters. The van der Waals surface area contributed by atoms with Crippen molar-refractivity contribution in [1.82, 2.24) is 0 Å². The van der Waals surface area contributed by atoms with Crippen molar-refractivity contribution in [3.05, 3.63) is 142 Å². The molecule has 0 fully saturated rings. The van der Waals surface area contributed by atoms with E-state index in [2.05, 4.69) is 85.9 Å². The second-order valence-corrected chi connectivity index (χ2v) is 18.1. The lowest BCUT2D eigenvalue weighted by molar-refractivity contribution is -0.540. The van der Waals surface area contributed by atoms with Gasteiger partial charge >= 0.3 is 0 Å². The number of hydroxylamine groups is 1. The molecule has 0 aliphatic carbocycles. The first-order valence-corrected chi connectivity index (χ1v) is 18.0. The van der Waals surface area contributed by atoms with Crippen molar-refractivity contribution < 1.29 is 4.76 Å². The monoisotopic (exact) mass is 586 g/mol. The van der Waals surface area contributed by atoms with Crippen molar-refractivity contribution in [1.29, 1.82) is 0 Å². The summed E-state index contributed by atoms with van der Waals surface area (Å²) in [5, 5.41) is 17.1. The van der Waals surface area contributed by atoms with Crippen LogP contribution < -0.4 is 5.06 Å². The lowest BCUT2D eigenvalue weighted by Gasteiger charge is -2.43. The minimum atomic E-state index is -2.46. The van der Waals surface area contributed by atoms with Crippen molar-refractivity contribution >= 4 is 41.0 Å². The molecule has 0 saturated heterocycles. The van der Waals surface area contributed by atoms with E-state index in [0.29, 0.717) is 11.4 Å². The molecule has 4 nitrogen and oxygen atoms in total. The fraction of sp³-hybridized carbons (Fsp3) is 0.263. The molecule has 0 aromatic heterocycles. The van der Waals surface area contributed by atoms with E-state index >= 15 is 0 Å². The van der Waals surface area contributed by atoms with Crippen molar-refractivity contribution in [3.8, 4) is 0 Å². The molecule has 0 N–H and O–H groups in total. The first kappa shape index (κ1) is 30.4. The van der Waals surface area contributed by atoms with Crippen LogP contribution in [0, 0.1) is 10.1 Å². The van der Waals surface area contributed by atoms with E-state index in [1.54, 1.807) is 0 Å². The summed E-state index contributed by atoms with van der Waals surface area (Å²) in [7, 11) is -2.46. The number of hydrogen-bond acceptors (Lipinski definition) is 3. The van der Waals surface area contributed by atoms with Crippen LogP contribution in [0.2, 0.25) is 13.1 Å². The largest absolute Gasteiger partial charge is 0.758 e. The quantitative estimate of drug-likeness (QED) is 0.128. The van der Waals surface area contributed by atoms with Gasteiger partial charge < -0.3 is 10.3 Å². The standard InChI is InChI=1S/C38H42N2O2Si/c1-37(2,3)39(41)31-23-15-21-29(25-31)35-33(27-17-11-9-12-18-27)34(28-19-13-10-14-20-28)36(43(35,7)8)30-22-16-24-32(26-30)40(42)38(4,5)6/h9-26H,1-8H3. The van der Waals surface area contributed by atoms with Crippen LogP contribution >= 0.6 is 0 Å². The normalized spacial score (nSPS) is 15.2. The zero-order valence-corrected chi connectivity index (χ0v) is 27.6. The highest BCUT2D eigenvalue weighted by Crippen LogP contribution is 2.56. The van der Waals surface area contributed by atoms with E-state index in [9.17, 15) is 10.1 Å². The van der Waals surface area contributed by atoms with Gasteiger partial charge in [0, 0.05) is 53.8 Å². The van der Waals surface area contributed by atoms with Gasteiger partial charge in [-0.2, -0.15) is 0 Å². The van der Waals surface area contributed by atoms with Gasteiger partial charge in [-0.1, -0.05) is 98.0 Å². The third-order valence-electron chi connectivity index (χ3n) is 8.08. The number of nitrogens with zero attached hydrogens (tertiary/aromatic N) is 2. The molecule has 43 heavy (non-hydrogen) atoms. The molecule has 0 radical (unpaired) electrons. The molecule has 4 aromatic carbocycles. The molecule has 220 valence electrons. The molecule has 1 aliphatic rings. The summed E-state index contributed by atoms with van der Waals surface area (Å²) < 4.78 is 1.11. The van der Waals surface area contributed by atoms with Crippen LogP contribution in [0.5, 0.6) is 0 Å². The maximum atomic E-state index is 13.4. The highest BCUT2D eigenvalue weighted by atomic mass is 28.3. The van der Waals surface area contributed by atoms with Gasteiger partial charge in [-0.05, 0) is 76.7 Å².